The molecule has 0 spiro atoms. The normalized spacial score (nSPS) is 16.6. The van der Waals surface area contributed by atoms with Crippen LogP contribution in [0.25, 0.3) is 0 Å². The lowest BCUT2D eigenvalue weighted by Crippen LogP contribution is -2.34. The highest BCUT2D eigenvalue weighted by atomic mass is 35.5. The fourth-order valence-electron chi connectivity index (χ4n) is 2.73. The van der Waals surface area contributed by atoms with Gasteiger partial charge in [0.05, 0.1) is 14.2 Å². The second-order valence-corrected chi connectivity index (χ2v) is 7.09. The number of carbonyl (C=O) groups is 1. The number of rotatable bonds is 4. The predicted octanol–water partition coefficient (Wildman–Crippen LogP) is 4.64. The molecule has 1 saturated heterocycles. The average molecular weight is 379 g/mol. The molecule has 1 fully saturated rings. The van der Waals surface area contributed by atoms with Crippen molar-refractivity contribution < 1.29 is 14.3 Å². The number of carbonyl (C=O) groups excluding carboxylic acids is 1. The van der Waals surface area contributed by atoms with Crippen LogP contribution in [-0.2, 0) is 0 Å². The largest absolute Gasteiger partial charge is 0.497 e. The average Bonchev–Trinajstić information content (AvgIpc) is 3.11. The van der Waals surface area contributed by atoms with Gasteiger partial charge in [-0.1, -0.05) is 17.7 Å². The van der Waals surface area contributed by atoms with Crippen LogP contribution in [-0.4, -0.2) is 37.4 Å². The van der Waals surface area contributed by atoms with Gasteiger partial charge in [0.25, 0.3) is 0 Å². The Morgan fingerprint density at radius 2 is 2.08 bits per heavy atom. The Hall–Kier alpha value is -2.05. The minimum Gasteiger partial charge on any atom is -0.497 e. The second kappa shape index (κ2) is 7.89. The molecule has 0 aliphatic carbocycles. The first-order chi connectivity index (χ1) is 12.1. The minimum absolute atomic E-state index is 0.135. The number of hydrogen-bond acceptors (Lipinski definition) is 4. The molecule has 3 rings (SSSR count). The summed E-state index contributed by atoms with van der Waals surface area (Å²) in [5, 5.41) is 3.36. The number of nitrogens with zero attached hydrogens (tertiary/aromatic N) is 1. The second-order valence-electron chi connectivity index (χ2n) is 5.46. The third-order valence-electron chi connectivity index (χ3n) is 3.93. The van der Waals surface area contributed by atoms with Crippen LogP contribution in [0.15, 0.2) is 42.5 Å². The number of methoxy groups -OCH3 is 2. The number of halogens is 1. The predicted molar refractivity (Wildman–Crippen MR) is 102 cm³/mol. The Balaban J connectivity index is 1.84. The van der Waals surface area contributed by atoms with E-state index in [4.69, 9.17) is 21.1 Å². The molecule has 5 nitrogen and oxygen atoms in total. The van der Waals surface area contributed by atoms with E-state index in [9.17, 15) is 4.79 Å². The molecular weight excluding hydrogens is 360 g/mol. The lowest BCUT2D eigenvalue weighted by molar-refractivity contribution is 0.213. The summed E-state index contributed by atoms with van der Waals surface area (Å²) in [5.41, 5.74) is 1.59. The summed E-state index contributed by atoms with van der Waals surface area (Å²) in [4.78, 5) is 14.5. The molecule has 2 aromatic carbocycles. The van der Waals surface area contributed by atoms with E-state index in [1.165, 1.54) is 0 Å². The van der Waals surface area contributed by atoms with E-state index in [2.05, 4.69) is 5.32 Å². The van der Waals surface area contributed by atoms with Gasteiger partial charge >= 0.3 is 6.03 Å². The topological polar surface area (TPSA) is 50.8 Å². The van der Waals surface area contributed by atoms with Crippen LogP contribution in [0.1, 0.15) is 10.9 Å². The highest BCUT2D eigenvalue weighted by Crippen LogP contribution is 2.43. The molecular formula is C18H19ClN2O3S. The maximum absolute atomic E-state index is 12.8. The van der Waals surface area contributed by atoms with Gasteiger partial charge in [0.15, 0.2) is 0 Å². The molecule has 1 aliphatic heterocycles. The summed E-state index contributed by atoms with van der Waals surface area (Å²) in [6.45, 7) is 0.655. The Kier molecular flexibility index (Phi) is 5.60. The van der Waals surface area contributed by atoms with Crippen LogP contribution >= 0.6 is 23.4 Å². The van der Waals surface area contributed by atoms with Crippen molar-refractivity contribution in [3.8, 4) is 11.5 Å². The van der Waals surface area contributed by atoms with Crippen molar-refractivity contribution in [2.45, 2.75) is 5.37 Å². The van der Waals surface area contributed by atoms with Crippen LogP contribution in [0, 0.1) is 0 Å². The Bertz CT molecular complexity index is 772. The van der Waals surface area contributed by atoms with E-state index >= 15 is 0 Å². The van der Waals surface area contributed by atoms with E-state index in [0.717, 1.165) is 22.8 Å². The Morgan fingerprint density at radius 3 is 2.80 bits per heavy atom. The number of amides is 2. The molecule has 2 amide bonds. The molecule has 1 atom stereocenters. The Labute approximate surface area is 156 Å². The summed E-state index contributed by atoms with van der Waals surface area (Å²) in [6, 6.07) is 12.6. The molecule has 1 heterocycles. The van der Waals surface area contributed by atoms with Gasteiger partial charge in [-0.15, -0.1) is 11.8 Å². The maximum atomic E-state index is 12.8. The van der Waals surface area contributed by atoms with E-state index < -0.39 is 0 Å². The zero-order chi connectivity index (χ0) is 17.8. The van der Waals surface area contributed by atoms with Crippen molar-refractivity contribution >= 4 is 35.1 Å². The van der Waals surface area contributed by atoms with Gasteiger partial charge in [0.2, 0.25) is 0 Å². The molecule has 25 heavy (non-hydrogen) atoms. The molecule has 0 aromatic heterocycles. The minimum atomic E-state index is -0.165. The first kappa shape index (κ1) is 17.8. The van der Waals surface area contributed by atoms with Gasteiger partial charge in [0, 0.05) is 28.6 Å². The molecule has 132 valence electrons. The van der Waals surface area contributed by atoms with Crippen molar-refractivity contribution in [1.29, 1.82) is 0 Å². The highest BCUT2D eigenvalue weighted by molar-refractivity contribution is 7.99. The summed E-state index contributed by atoms with van der Waals surface area (Å²) in [6.07, 6.45) is 0. The van der Waals surface area contributed by atoms with Crippen molar-refractivity contribution in [3.05, 3.63) is 53.1 Å². The van der Waals surface area contributed by atoms with Gasteiger partial charge < -0.3 is 19.7 Å². The summed E-state index contributed by atoms with van der Waals surface area (Å²) < 4.78 is 10.8. The molecule has 0 bridgehead atoms. The zero-order valence-electron chi connectivity index (χ0n) is 14.0. The van der Waals surface area contributed by atoms with Crippen molar-refractivity contribution in [2.75, 3.05) is 31.8 Å². The number of ether oxygens (including phenoxy) is 2. The first-order valence-corrected chi connectivity index (χ1v) is 9.22. The van der Waals surface area contributed by atoms with Gasteiger partial charge in [-0.3, -0.25) is 0 Å². The quantitative estimate of drug-likeness (QED) is 0.842. The van der Waals surface area contributed by atoms with Crippen molar-refractivity contribution in [3.63, 3.8) is 0 Å². The number of nitrogens with one attached hydrogen (secondary N) is 1. The van der Waals surface area contributed by atoms with Crippen molar-refractivity contribution in [2.24, 2.45) is 0 Å². The van der Waals surface area contributed by atoms with Crippen LogP contribution in [0.3, 0.4) is 0 Å². The van der Waals surface area contributed by atoms with Crippen molar-refractivity contribution in [1.82, 2.24) is 4.90 Å². The maximum Gasteiger partial charge on any atom is 0.323 e. The zero-order valence-corrected chi connectivity index (χ0v) is 15.6. The first-order valence-electron chi connectivity index (χ1n) is 7.79. The number of anilines is 1. The monoisotopic (exact) mass is 378 g/mol. The summed E-state index contributed by atoms with van der Waals surface area (Å²) in [7, 11) is 3.25. The van der Waals surface area contributed by atoms with Gasteiger partial charge in [-0.2, -0.15) is 0 Å². The third kappa shape index (κ3) is 3.96. The SMILES string of the molecule is COc1ccc(OC)c([C@H]2SCCN2C(=O)Nc2cccc(Cl)c2)c1. The van der Waals surface area contributed by atoms with Crippen LogP contribution < -0.4 is 14.8 Å². The summed E-state index contributed by atoms with van der Waals surface area (Å²) in [5.74, 6) is 2.33. The lowest BCUT2D eigenvalue weighted by Gasteiger charge is -2.26. The Morgan fingerprint density at radius 1 is 1.24 bits per heavy atom. The smallest absolute Gasteiger partial charge is 0.323 e. The highest BCUT2D eigenvalue weighted by Gasteiger charge is 2.33. The van der Waals surface area contributed by atoms with Crippen LogP contribution in [0.4, 0.5) is 10.5 Å². The molecule has 7 heteroatoms. The van der Waals surface area contributed by atoms with Gasteiger partial charge in [-0.25, -0.2) is 4.79 Å². The lowest BCUT2D eigenvalue weighted by atomic mass is 10.1. The molecule has 1 N–H and O–H groups in total. The van der Waals surface area contributed by atoms with Gasteiger partial charge in [-0.05, 0) is 36.4 Å². The fraction of sp³-hybridized carbons (Fsp3) is 0.278. The van der Waals surface area contributed by atoms with E-state index in [0.29, 0.717) is 17.3 Å². The molecule has 1 aliphatic rings. The van der Waals surface area contributed by atoms with E-state index in [1.54, 1.807) is 49.1 Å². The van der Waals surface area contributed by atoms with E-state index in [-0.39, 0.29) is 11.4 Å². The molecule has 0 unspecified atom stereocenters. The van der Waals surface area contributed by atoms with Crippen LogP contribution in [0.5, 0.6) is 11.5 Å². The molecule has 0 radical (unpaired) electrons. The molecule has 2 aromatic rings. The van der Waals surface area contributed by atoms with Gasteiger partial charge in [0.1, 0.15) is 16.9 Å². The van der Waals surface area contributed by atoms with E-state index in [1.807, 2.05) is 24.3 Å². The molecule has 0 saturated carbocycles. The van der Waals surface area contributed by atoms with Crippen LogP contribution in [0.2, 0.25) is 5.02 Å². The fourth-order valence-corrected chi connectivity index (χ4v) is 4.19. The standard InChI is InChI=1S/C18H19ClN2O3S/c1-23-14-6-7-16(24-2)15(11-14)17-21(8-9-25-17)18(22)20-13-5-3-4-12(19)10-13/h3-7,10-11,17H,8-9H2,1-2H3,(H,20,22)/t17-/m1/s1. The number of thioether (sulfide) groups is 1. The number of hydrogen-bond donors (Lipinski definition) is 1. The summed E-state index contributed by atoms with van der Waals surface area (Å²) >= 11 is 7.68. The number of benzene rings is 2. The number of urea groups is 1. The third-order valence-corrected chi connectivity index (χ3v) is 5.41.